The first-order chi connectivity index (χ1) is 14.2. The Morgan fingerprint density at radius 3 is 2.53 bits per heavy atom. The number of amides is 1. The second kappa shape index (κ2) is 9.41. The summed E-state index contributed by atoms with van der Waals surface area (Å²) in [6.07, 6.45) is 3.15. The molecule has 2 aromatic rings. The zero-order valence-electron chi connectivity index (χ0n) is 17.4. The second-order valence-corrected chi connectivity index (χ2v) is 8.32. The predicted molar refractivity (Wildman–Crippen MR) is 119 cm³/mol. The van der Waals surface area contributed by atoms with E-state index in [0.717, 1.165) is 18.1 Å². The van der Waals surface area contributed by atoms with E-state index in [-0.39, 0.29) is 23.7 Å². The van der Waals surface area contributed by atoms with Crippen LogP contribution in [-0.4, -0.2) is 45.8 Å². The third kappa shape index (κ3) is 5.26. The third-order valence-corrected chi connectivity index (χ3v) is 5.80. The van der Waals surface area contributed by atoms with Crippen molar-refractivity contribution in [2.24, 2.45) is 0 Å². The second-order valence-electron chi connectivity index (χ2n) is 7.88. The lowest BCUT2D eigenvalue weighted by atomic mass is 10.1. The van der Waals surface area contributed by atoms with E-state index < -0.39 is 4.92 Å². The number of hydrogen-bond donors (Lipinski definition) is 0. The molecule has 1 fully saturated rings. The van der Waals surface area contributed by atoms with Crippen LogP contribution in [0.2, 0.25) is 5.02 Å². The van der Waals surface area contributed by atoms with Gasteiger partial charge in [-0.15, -0.1) is 0 Å². The Labute approximate surface area is 181 Å². The highest BCUT2D eigenvalue weighted by Crippen LogP contribution is 2.22. The highest BCUT2D eigenvalue weighted by atomic mass is 35.5. The van der Waals surface area contributed by atoms with Crippen molar-refractivity contribution < 1.29 is 9.72 Å². The molecule has 0 saturated carbocycles. The minimum atomic E-state index is -0.405. The lowest BCUT2D eigenvalue weighted by Crippen LogP contribution is -2.57. The molecular formula is C23H26ClN3O3. The van der Waals surface area contributed by atoms with Crippen LogP contribution in [0.3, 0.4) is 0 Å². The van der Waals surface area contributed by atoms with Crippen molar-refractivity contribution in [3.8, 4) is 0 Å². The van der Waals surface area contributed by atoms with Crippen LogP contribution in [0.25, 0.3) is 6.08 Å². The molecule has 0 aromatic heterocycles. The largest absolute Gasteiger partial charge is 0.334 e. The zero-order chi connectivity index (χ0) is 21.8. The fourth-order valence-electron chi connectivity index (χ4n) is 3.74. The van der Waals surface area contributed by atoms with Gasteiger partial charge in [0.1, 0.15) is 0 Å². The molecule has 2 atom stereocenters. The zero-order valence-corrected chi connectivity index (χ0v) is 18.2. The van der Waals surface area contributed by atoms with E-state index in [2.05, 4.69) is 11.8 Å². The maximum absolute atomic E-state index is 12.8. The molecule has 3 rings (SSSR count). The third-order valence-electron chi connectivity index (χ3n) is 5.55. The lowest BCUT2D eigenvalue weighted by Gasteiger charge is -2.44. The Bertz CT molecular complexity index is 959. The van der Waals surface area contributed by atoms with Crippen LogP contribution in [0.4, 0.5) is 5.69 Å². The van der Waals surface area contributed by atoms with Crippen molar-refractivity contribution in [2.45, 2.75) is 39.4 Å². The van der Waals surface area contributed by atoms with Crippen LogP contribution in [0.5, 0.6) is 0 Å². The smallest absolute Gasteiger partial charge is 0.272 e. The molecule has 0 unspecified atom stereocenters. The standard InChI is InChI=1S/C23H26ClN3O3/c1-16-4-5-19(12-22(16)27(29)30)8-11-23(28)26-14-17(2)25(13-18(26)3)15-20-6-9-21(24)10-7-20/h4-12,17-18H,13-15H2,1-3H3/t17-,18+/m1/s1. The number of benzene rings is 2. The molecule has 0 bridgehead atoms. The van der Waals surface area contributed by atoms with Gasteiger partial charge in [-0.1, -0.05) is 35.9 Å². The van der Waals surface area contributed by atoms with E-state index in [4.69, 9.17) is 11.6 Å². The number of carbonyl (C=O) groups is 1. The molecule has 30 heavy (non-hydrogen) atoms. The summed E-state index contributed by atoms with van der Waals surface area (Å²) in [6.45, 7) is 8.08. The molecule has 1 aliphatic rings. The van der Waals surface area contributed by atoms with Crippen LogP contribution in [0, 0.1) is 17.0 Å². The summed E-state index contributed by atoms with van der Waals surface area (Å²) in [6, 6.07) is 13.1. The van der Waals surface area contributed by atoms with Gasteiger partial charge < -0.3 is 4.90 Å². The van der Waals surface area contributed by atoms with Gasteiger partial charge in [0.15, 0.2) is 0 Å². The number of aryl methyl sites for hydroxylation is 1. The monoisotopic (exact) mass is 427 g/mol. The Hall–Kier alpha value is -2.70. The minimum Gasteiger partial charge on any atom is -0.334 e. The average molecular weight is 428 g/mol. The van der Waals surface area contributed by atoms with Gasteiger partial charge in [0, 0.05) is 54.4 Å². The SMILES string of the molecule is Cc1ccc(C=CC(=O)N2C[C@@H](C)N(Cc3ccc(Cl)cc3)C[C@@H]2C)cc1[N+](=O)[O-]. The van der Waals surface area contributed by atoms with Crippen molar-refractivity contribution in [3.05, 3.63) is 80.4 Å². The van der Waals surface area contributed by atoms with Crippen molar-refractivity contribution in [1.82, 2.24) is 9.80 Å². The molecule has 0 aliphatic carbocycles. The van der Waals surface area contributed by atoms with E-state index in [1.807, 2.05) is 36.1 Å². The fourth-order valence-corrected chi connectivity index (χ4v) is 3.87. The normalized spacial score (nSPS) is 19.9. The van der Waals surface area contributed by atoms with Crippen LogP contribution in [0.15, 0.2) is 48.5 Å². The predicted octanol–water partition coefficient (Wildman–Crippen LogP) is 4.69. The number of nitrogens with zero attached hydrogens (tertiary/aromatic N) is 3. The number of rotatable bonds is 5. The van der Waals surface area contributed by atoms with Gasteiger partial charge in [-0.25, -0.2) is 0 Å². The molecule has 7 heteroatoms. The molecule has 1 amide bonds. The summed E-state index contributed by atoms with van der Waals surface area (Å²) in [5, 5.41) is 11.8. The van der Waals surface area contributed by atoms with Crippen LogP contribution in [-0.2, 0) is 11.3 Å². The molecule has 1 aliphatic heterocycles. The summed E-state index contributed by atoms with van der Waals surface area (Å²) in [5.74, 6) is -0.0799. The molecule has 6 nitrogen and oxygen atoms in total. The summed E-state index contributed by atoms with van der Waals surface area (Å²) in [7, 11) is 0. The number of piperazine rings is 1. The number of hydrogen-bond acceptors (Lipinski definition) is 4. The van der Waals surface area contributed by atoms with Gasteiger partial charge in [-0.05, 0) is 50.1 Å². The van der Waals surface area contributed by atoms with E-state index in [1.54, 1.807) is 25.1 Å². The maximum atomic E-state index is 12.8. The Balaban J connectivity index is 1.65. The number of carbonyl (C=O) groups excluding carboxylic acids is 1. The van der Waals surface area contributed by atoms with E-state index in [0.29, 0.717) is 17.7 Å². The molecule has 0 radical (unpaired) electrons. The Morgan fingerprint density at radius 1 is 1.17 bits per heavy atom. The van der Waals surface area contributed by atoms with E-state index >= 15 is 0 Å². The molecular weight excluding hydrogens is 402 g/mol. The van der Waals surface area contributed by atoms with Gasteiger partial charge in [-0.2, -0.15) is 0 Å². The molecule has 1 heterocycles. The van der Waals surface area contributed by atoms with Gasteiger partial charge >= 0.3 is 0 Å². The fraction of sp³-hybridized carbons (Fsp3) is 0.348. The van der Waals surface area contributed by atoms with Crippen molar-refractivity contribution >= 4 is 29.3 Å². The van der Waals surface area contributed by atoms with E-state index in [9.17, 15) is 14.9 Å². The first-order valence-electron chi connectivity index (χ1n) is 9.97. The highest BCUT2D eigenvalue weighted by molar-refractivity contribution is 6.30. The summed E-state index contributed by atoms with van der Waals surface area (Å²) in [4.78, 5) is 27.7. The van der Waals surface area contributed by atoms with Gasteiger partial charge in [0.2, 0.25) is 5.91 Å². The number of nitro benzene ring substituents is 1. The topological polar surface area (TPSA) is 66.7 Å². The first kappa shape index (κ1) is 22.0. The summed E-state index contributed by atoms with van der Waals surface area (Å²) >= 11 is 5.97. The lowest BCUT2D eigenvalue weighted by molar-refractivity contribution is -0.385. The molecule has 2 aromatic carbocycles. The van der Waals surface area contributed by atoms with Gasteiger partial charge in [-0.3, -0.25) is 19.8 Å². The van der Waals surface area contributed by atoms with E-state index in [1.165, 1.54) is 17.7 Å². The quantitative estimate of drug-likeness (QED) is 0.394. The Kier molecular flexibility index (Phi) is 6.90. The minimum absolute atomic E-state index is 0.0578. The van der Waals surface area contributed by atoms with Crippen molar-refractivity contribution in [1.29, 1.82) is 0 Å². The van der Waals surface area contributed by atoms with Crippen LogP contribution in [0.1, 0.15) is 30.5 Å². The average Bonchev–Trinajstić information content (AvgIpc) is 2.71. The molecule has 0 spiro atoms. The molecule has 1 saturated heterocycles. The number of nitro groups is 1. The number of halogens is 1. The molecule has 158 valence electrons. The summed E-state index contributed by atoms with van der Waals surface area (Å²) in [5.41, 5.74) is 2.49. The van der Waals surface area contributed by atoms with Gasteiger partial charge in [0.05, 0.1) is 4.92 Å². The molecule has 0 N–H and O–H groups in total. The van der Waals surface area contributed by atoms with Crippen LogP contribution < -0.4 is 0 Å². The van der Waals surface area contributed by atoms with Crippen molar-refractivity contribution in [3.63, 3.8) is 0 Å². The summed E-state index contributed by atoms with van der Waals surface area (Å²) < 4.78 is 0. The highest BCUT2D eigenvalue weighted by Gasteiger charge is 2.31. The first-order valence-corrected chi connectivity index (χ1v) is 10.3. The maximum Gasteiger partial charge on any atom is 0.272 e. The van der Waals surface area contributed by atoms with Crippen molar-refractivity contribution in [2.75, 3.05) is 13.1 Å². The van der Waals surface area contributed by atoms with Gasteiger partial charge in [0.25, 0.3) is 5.69 Å². The van der Waals surface area contributed by atoms with Crippen LogP contribution >= 0.6 is 11.6 Å². The Morgan fingerprint density at radius 2 is 1.87 bits per heavy atom.